The molecule has 1 rings (SSSR count). The van der Waals surface area contributed by atoms with Gasteiger partial charge in [0.1, 0.15) is 12.0 Å². The van der Waals surface area contributed by atoms with Gasteiger partial charge in [0, 0.05) is 13.1 Å². The maximum Gasteiger partial charge on any atom is 0.254 e. The van der Waals surface area contributed by atoms with Crippen LogP contribution in [-0.2, 0) is 0 Å². The van der Waals surface area contributed by atoms with Crippen molar-refractivity contribution in [3.8, 4) is 0 Å². The maximum absolute atomic E-state index is 11.4. The van der Waals surface area contributed by atoms with Crippen LogP contribution >= 0.6 is 0 Å². The van der Waals surface area contributed by atoms with E-state index < -0.39 is 0 Å². The molecule has 0 fully saturated rings. The average molecular weight is 196 g/mol. The van der Waals surface area contributed by atoms with Gasteiger partial charge in [0.15, 0.2) is 0 Å². The third-order valence-corrected chi connectivity index (χ3v) is 1.83. The van der Waals surface area contributed by atoms with Gasteiger partial charge in [0.2, 0.25) is 0 Å². The Bertz CT molecular complexity index is 294. The molecule has 0 aromatic carbocycles. The van der Waals surface area contributed by atoms with Crippen LogP contribution in [0.5, 0.6) is 0 Å². The highest BCUT2D eigenvalue weighted by atomic mass is 16.3. The summed E-state index contributed by atoms with van der Waals surface area (Å²) in [5.74, 6) is 0.668. The lowest BCUT2D eigenvalue weighted by Gasteiger charge is -2.02. The van der Waals surface area contributed by atoms with Crippen molar-refractivity contribution in [2.24, 2.45) is 0 Å². The van der Waals surface area contributed by atoms with Crippen LogP contribution in [0.3, 0.4) is 0 Å². The lowest BCUT2D eigenvalue weighted by Crippen LogP contribution is -2.31. The zero-order valence-corrected chi connectivity index (χ0v) is 8.59. The SMILES string of the molecule is CCNCCNC(=O)c1coc(C)c1. The van der Waals surface area contributed by atoms with E-state index in [0.717, 1.165) is 18.8 Å². The van der Waals surface area contributed by atoms with Crippen LogP contribution in [0.4, 0.5) is 0 Å². The Morgan fingerprint density at radius 2 is 2.29 bits per heavy atom. The minimum absolute atomic E-state index is 0.0836. The second kappa shape index (κ2) is 5.44. The van der Waals surface area contributed by atoms with Crippen molar-refractivity contribution in [1.29, 1.82) is 0 Å². The van der Waals surface area contributed by atoms with Gasteiger partial charge in [-0.05, 0) is 19.5 Å². The van der Waals surface area contributed by atoms with Gasteiger partial charge >= 0.3 is 0 Å². The van der Waals surface area contributed by atoms with Gasteiger partial charge in [-0.25, -0.2) is 0 Å². The van der Waals surface area contributed by atoms with Crippen molar-refractivity contribution in [2.45, 2.75) is 13.8 Å². The van der Waals surface area contributed by atoms with E-state index >= 15 is 0 Å². The maximum atomic E-state index is 11.4. The number of aryl methyl sites for hydroxylation is 1. The second-order valence-corrected chi connectivity index (χ2v) is 3.06. The molecule has 0 aliphatic heterocycles. The first kappa shape index (κ1) is 10.8. The largest absolute Gasteiger partial charge is 0.469 e. The van der Waals surface area contributed by atoms with Crippen LogP contribution in [0.15, 0.2) is 16.7 Å². The van der Waals surface area contributed by atoms with E-state index in [2.05, 4.69) is 10.6 Å². The fraction of sp³-hybridized carbons (Fsp3) is 0.500. The van der Waals surface area contributed by atoms with E-state index in [4.69, 9.17) is 4.42 Å². The van der Waals surface area contributed by atoms with E-state index in [0.29, 0.717) is 12.1 Å². The third kappa shape index (κ3) is 3.22. The van der Waals surface area contributed by atoms with E-state index in [9.17, 15) is 4.79 Å². The van der Waals surface area contributed by atoms with Gasteiger partial charge in [0.25, 0.3) is 5.91 Å². The fourth-order valence-electron chi connectivity index (χ4n) is 1.11. The van der Waals surface area contributed by atoms with Gasteiger partial charge in [-0.15, -0.1) is 0 Å². The number of nitrogens with one attached hydrogen (secondary N) is 2. The summed E-state index contributed by atoms with van der Waals surface area (Å²) in [7, 11) is 0. The standard InChI is InChI=1S/C10H16N2O2/c1-3-11-4-5-12-10(13)9-6-8(2)14-7-9/h6-7,11H,3-5H2,1-2H3,(H,12,13). The Balaban J connectivity index is 2.29. The molecule has 1 aromatic rings. The molecule has 0 atom stereocenters. The molecule has 0 unspecified atom stereocenters. The zero-order valence-electron chi connectivity index (χ0n) is 8.59. The molecule has 78 valence electrons. The number of amides is 1. The van der Waals surface area contributed by atoms with Crippen LogP contribution < -0.4 is 10.6 Å². The van der Waals surface area contributed by atoms with E-state index in [-0.39, 0.29) is 5.91 Å². The molecule has 0 spiro atoms. The molecular formula is C10H16N2O2. The predicted octanol–water partition coefficient (Wildman–Crippen LogP) is 0.927. The monoisotopic (exact) mass is 196 g/mol. The second-order valence-electron chi connectivity index (χ2n) is 3.06. The molecule has 1 amide bonds. The van der Waals surface area contributed by atoms with Gasteiger partial charge in [-0.1, -0.05) is 6.92 Å². The van der Waals surface area contributed by atoms with Crippen molar-refractivity contribution in [3.63, 3.8) is 0 Å². The molecular weight excluding hydrogens is 180 g/mol. The molecule has 14 heavy (non-hydrogen) atoms. The van der Waals surface area contributed by atoms with Gasteiger partial charge in [0.05, 0.1) is 5.56 Å². The van der Waals surface area contributed by atoms with Crippen LogP contribution in [-0.4, -0.2) is 25.5 Å². The highest BCUT2D eigenvalue weighted by Gasteiger charge is 2.06. The molecule has 0 radical (unpaired) electrons. The Morgan fingerprint density at radius 1 is 1.50 bits per heavy atom. The van der Waals surface area contributed by atoms with Crippen molar-refractivity contribution in [3.05, 3.63) is 23.7 Å². The Hall–Kier alpha value is -1.29. The molecule has 0 aliphatic rings. The fourth-order valence-corrected chi connectivity index (χ4v) is 1.11. The van der Waals surface area contributed by atoms with Crippen LogP contribution in [0.2, 0.25) is 0 Å². The number of hydrogen-bond acceptors (Lipinski definition) is 3. The van der Waals surface area contributed by atoms with Crippen molar-refractivity contribution >= 4 is 5.91 Å². The normalized spacial score (nSPS) is 10.1. The number of carbonyl (C=O) groups is 1. The summed E-state index contributed by atoms with van der Waals surface area (Å²) in [6, 6.07) is 1.72. The van der Waals surface area contributed by atoms with Crippen molar-refractivity contribution < 1.29 is 9.21 Å². The summed E-state index contributed by atoms with van der Waals surface area (Å²) >= 11 is 0. The molecule has 0 aliphatic carbocycles. The number of furan rings is 1. The van der Waals surface area contributed by atoms with Crippen LogP contribution in [0.25, 0.3) is 0 Å². The molecule has 2 N–H and O–H groups in total. The lowest BCUT2D eigenvalue weighted by molar-refractivity contribution is 0.0953. The van der Waals surface area contributed by atoms with Crippen LogP contribution in [0, 0.1) is 6.92 Å². The number of likely N-dealkylation sites (N-methyl/N-ethyl adjacent to an activating group) is 1. The van der Waals surface area contributed by atoms with Crippen LogP contribution in [0.1, 0.15) is 23.0 Å². The summed E-state index contributed by atoms with van der Waals surface area (Å²) < 4.78 is 5.04. The average Bonchev–Trinajstić information content (AvgIpc) is 2.59. The summed E-state index contributed by atoms with van der Waals surface area (Å²) in [5.41, 5.74) is 0.582. The first-order chi connectivity index (χ1) is 6.74. The lowest BCUT2D eigenvalue weighted by atomic mass is 10.3. The highest BCUT2D eigenvalue weighted by molar-refractivity contribution is 5.93. The van der Waals surface area contributed by atoms with Gasteiger partial charge in [-0.3, -0.25) is 4.79 Å². The molecule has 1 aromatic heterocycles. The zero-order chi connectivity index (χ0) is 10.4. The molecule has 0 bridgehead atoms. The summed E-state index contributed by atoms with van der Waals surface area (Å²) in [4.78, 5) is 11.4. The smallest absolute Gasteiger partial charge is 0.254 e. The minimum atomic E-state index is -0.0836. The molecule has 0 saturated heterocycles. The van der Waals surface area contributed by atoms with E-state index in [1.165, 1.54) is 6.26 Å². The summed E-state index contributed by atoms with van der Waals surface area (Å²) in [6.45, 7) is 6.19. The Morgan fingerprint density at radius 3 is 2.86 bits per heavy atom. The molecule has 0 saturated carbocycles. The molecule has 4 heteroatoms. The first-order valence-corrected chi connectivity index (χ1v) is 4.78. The highest BCUT2D eigenvalue weighted by Crippen LogP contribution is 2.05. The van der Waals surface area contributed by atoms with E-state index in [1.54, 1.807) is 6.07 Å². The van der Waals surface area contributed by atoms with Gasteiger partial charge < -0.3 is 15.1 Å². The number of rotatable bonds is 5. The van der Waals surface area contributed by atoms with Crippen molar-refractivity contribution in [2.75, 3.05) is 19.6 Å². The first-order valence-electron chi connectivity index (χ1n) is 4.78. The molecule has 1 heterocycles. The number of hydrogen-bond donors (Lipinski definition) is 2. The predicted molar refractivity (Wildman–Crippen MR) is 54.3 cm³/mol. The van der Waals surface area contributed by atoms with Crippen molar-refractivity contribution in [1.82, 2.24) is 10.6 Å². The summed E-state index contributed by atoms with van der Waals surface area (Å²) in [6.07, 6.45) is 1.47. The topological polar surface area (TPSA) is 54.3 Å². The number of carbonyl (C=O) groups excluding carboxylic acids is 1. The Kier molecular flexibility index (Phi) is 4.19. The third-order valence-electron chi connectivity index (χ3n) is 1.83. The summed E-state index contributed by atoms with van der Waals surface area (Å²) in [5, 5.41) is 5.91. The molecule has 4 nitrogen and oxygen atoms in total. The quantitative estimate of drug-likeness (QED) is 0.689. The Labute approximate surface area is 83.7 Å². The van der Waals surface area contributed by atoms with Gasteiger partial charge in [-0.2, -0.15) is 0 Å². The van der Waals surface area contributed by atoms with E-state index in [1.807, 2.05) is 13.8 Å². The minimum Gasteiger partial charge on any atom is -0.469 e.